The molecule has 2 rings (SSSR count). The van der Waals surface area contributed by atoms with Gasteiger partial charge < -0.3 is 5.32 Å². The smallest absolute Gasteiger partial charge is 0.0409 e. The highest BCUT2D eigenvalue weighted by Gasteiger charge is 1.98. The predicted molar refractivity (Wildman–Crippen MR) is 82.7 cm³/mol. The molecule has 0 amide bonds. The maximum Gasteiger partial charge on any atom is 0.0409 e. The van der Waals surface area contributed by atoms with Crippen LogP contribution in [-0.2, 0) is 6.54 Å². The first kappa shape index (κ1) is 12.7. The molecule has 0 aliphatic carbocycles. The van der Waals surface area contributed by atoms with Crippen LogP contribution in [0.25, 0.3) is 0 Å². The zero-order valence-corrected chi connectivity index (χ0v) is 12.4. The summed E-state index contributed by atoms with van der Waals surface area (Å²) in [7, 11) is 0. The van der Waals surface area contributed by atoms with E-state index in [1.807, 2.05) is 18.2 Å². The molecule has 0 saturated heterocycles. The molecule has 0 atom stereocenters. The Bertz CT molecular complexity index is 525. The fraction of sp³-hybridized carbons (Fsp3) is 0.143. The lowest BCUT2D eigenvalue weighted by Gasteiger charge is -2.08. The lowest BCUT2D eigenvalue weighted by atomic mass is 10.2. The van der Waals surface area contributed by atoms with Gasteiger partial charge >= 0.3 is 0 Å². The van der Waals surface area contributed by atoms with Gasteiger partial charge in [0.2, 0.25) is 0 Å². The maximum absolute atomic E-state index is 5.94. The van der Waals surface area contributed by atoms with Gasteiger partial charge in [0.25, 0.3) is 0 Å². The first-order chi connectivity index (χ1) is 8.15. The van der Waals surface area contributed by atoms with Gasteiger partial charge in [-0.15, -0.1) is 0 Å². The second-order valence-electron chi connectivity index (χ2n) is 3.95. The van der Waals surface area contributed by atoms with Crippen molar-refractivity contribution in [3.05, 3.63) is 62.2 Å². The Labute approximate surface area is 120 Å². The first-order valence-corrected chi connectivity index (χ1v) is 6.85. The van der Waals surface area contributed by atoms with Gasteiger partial charge in [-0.3, -0.25) is 0 Å². The third-order valence-electron chi connectivity index (χ3n) is 2.56. The average molecular weight is 358 g/mol. The molecule has 0 aliphatic rings. The van der Waals surface area contributed by atoms with Crippen LogP contribution in [0.5, 0.6) is 0 Å². The zero-order chi connectivity index (χ0) is 12.3. The minimum absolute atomic E-state index is 0.780. The lowest BCUT2D eigenvalue weighted by molar-refractivity contribution is 1.15. The molecule has 0 aromatic heterocycles. The van der Waals surface area contributed by atoms with Crippen molar-refractivity contribution < 1.29 is 0 Å². The largest absolute Gasteiger partial charge is 0.381 e. The molecule has 0 fully saturated rings. The summed E-state index contributed by atoms with van der Waals surface area (Å²) in [5, 5.41) is 4.17. The summed E-state index contributed by atoms with van der Waals surface area (Å²) in [5.74, 6) is 0. The molecule has 0 spiro atoms. The number of halogens is 2. The second-order valence-corrected chi connectivity index (χ2v) is 5.55. The van der Waals surface area contributed by atoms with Gasteiger partial charge in [0.15, 0.2) is 0 Å². The van der Waals surface area contributed by atoms with Crippen LogP contribution in [0.15, 0.2) is 42.5 Å². The van der Waals surface area contributed by atoms with Crippen molar-refractivity contribution in [2.24, 2.45) is 0 Å². The molecule has 0 radical (unpaired) electrons. The molecule has 0 bridgehead atoms. The second kappa shape index (κ2) is 5.74. The van der Waals surface area contributed by atoms with E-state index in [-0.39, 0.29) is 0 Å². The van der Waals surface area contributed by atoms with E-state index in [2.05, 4.69) is 59.1 Å². The average Bonchev–Trinajstić information content (AvgIpc) is 2.31. The molecule has 0 unspecified atom stereocenters. The van der Waals surface area contributed by atoms with Crippen molar-refractivity contribution in [3.8, 4) is 0 Å². The van der Waals surface area contributed by atoms with E-state index in [1.165, 1.54) is 14.7 Å². The van der Waals surface area contributed by atoms with Gasteiger partial charge in [-0.2, -0.15) is 0 Å². The number of nitrogens with one attached hydrogen (secondary N) is 1. The summed E-state index contributed by atoms with van der Waals surface area (Å²) < 4.78 is 1.28. The minimum Gasteiger partial charge on any atom is -0.381 e. The monoisotopic (exact) mass is 357 g/mol. The van der Waals surface area contributed by atoms with E-state index < -0.39 is 0 Å². The summed E-state index contributed by atoms with van der Waals surface area (Å²) in [5.41, 5.74) is 3.63. The molecular formula is C14H13ClIN. The Balaban J connectivity index is 2.05. The summed E-state index contributed by atoms with van der Waals surface area (Å²) >= 11 is 8.29. The van der Waals surface area contributed by atoms with E-state index in [4.69, 9.17) is 11.6 Å². The van der Waals surface area contributed by atoms with Crippen molar-refractivity contribution in [1.82, 2.24) is 0 Å². The highest BCUT2D eigenvalue weighted by atomic mass is 127. The van der Waals surface area contributed by atoms with Crippen LogP contribution in [0.2, 0.25) is 5.02 Å². The van der Waals surface area contributed by atoms with Crippen molar-refractivity contribution >= 4 is 39.9 Å². The summed E-state index contributed by atoms with van der Waals surface area (Å²) in [4.78, 5) is 0. The standard InChI is InChI=1S/C14H13ClIN/c1-10-5-6-13(8-14(10)16)17-9-11-3-2-4-12(15)7-11/h2-8,17H,9H2,1H3. The van der Waals surface area contributed by atoms with Gasteiger partial charge in [-0.05, 0) is 64.9 Å². The van der Waals surface area contributed by atoms with E-state index >= 15 is 0 Å². The molecule has 2 aromatic carbocycles. The van der Waals surface area contributed by atoms with Crippen LogP contribution in [-0.4, -0.2) is 0 Å². The molecule has 17 heavy (non-hydrogen) atoms. The van der Waals surface area contributed by atoms with Crippen molar-refractivity contribution in [1.29, 1.82) is 0 Å². The molecule has 88 valence electrons. The Hall–Kier alpha value is -0.740. The third kappa shape index (κ3) is 3.61. The molecule has 0 heterocycles. The van der Waals surface area contributed by atoms with E-state index in [1.54, 1.807) is 0 Å². The third-order valence-corrected chi connectivity index (χ3v) is 3.95. The van der Waals surface area contributed by atoms with Crippen LogP contribution in [0.1, 0.15) is 11.1 Å². The van der Waals surface area contributed by atoms with E-state index in [0.29, 0.717) is 0 Å². The van der Waals surface area contributed by atoms with Gasteiger partial charge in [0, 0.05) is 20.8 Å². The van der Waals surface area contributed by atoms with Gasteiger partial charge in [0.1, 0.15) is 0 Å². The number of benzene rings is 2. The summed E-state index contributed by atoms with van der Waals surface area (Å²) in [6, 6.07) is 14.3. The summed E-state index contributed by atoms with van der Waals surface area (Å²) in [6.45, 7) is 2.90. The Kier molecular flexibility index (Phi) is 4.29. The first-order valence-electron chi connectivity index (χ1n) is 5.39. The van der Waals surface area contributed by atoms with Crippen LogP contribution in [0, 0.1) is 10.5 Å². The fourth-order valence-electron chi connectivity index (χ4n) is 1.55. The Morgan fingerprint density at radius 2 is 2.00 bits per heavy atom. The highest BCUT2D eigenvalue weighted by Crippen LogP contribution is 2.18. The highest BCUT2D eigenvalue weighted by molar-refractivity contribution is 14.1. The fourth-order valence-corrected chi connectivity index (χ4v) is 2.28. The Morgan fingerprint density at radius 1 is 1.18 bits per heavy atom. The number of hydrogen-bond acceptors (Lipinski definition) is 1. The normalized spacial score (nSPS) is 10.3. The zero-order valence-electron chi connectivity index (χ0n) is 9.50. The van der Waals surface area contributed by atoms with Crippen molar-refractivity contribution in [3.63, 3.8) is 0 Å². The SMILES string of the molecule is Cc1ccc(NCc2cccc(Cl)c2)cc1I. The lowest BCUT2D eigenvalue weighted by Crippen LogP contribution is -1.99. The number of rotatable bonds is 3. The summed E-state index contributed by atoms with van der Waals surface area (Å²) in [6.07, 6.45) is 0. The molecular weight excluding hydrogens is 345 g/mol. The van der Waals surface area contributed by atoms with Crippen molar-refractivity contribution in [2.45, 2.75) is 13.5 Å². The Morgan fingerprint density at radius 3 is 2.71 bits per heavy atom. The van der Waals surface area contributed by atoms with Gasteiger partial charge in [0.05, 0.1) is 0 Å². The van der Waals surface area contributed by atoms with Crippen LogP contribution >= 0.6 is 34.2 Å². The predicted octanol–water partition coefficient (Wildman–Crippen LogP) is 4.87. The number of aryl methyl sites for hydroxylation is 1. The topological polar surface area (TPSA) is 12.0 Å². The van der Waals surface area contributed by atoms with Crippen molar-refractivity contribution in [2.75, 3.05) is 5.32 Å². The maximum atomic E-state index is 5.94. The molecule has 1 N–H and O–H groups in total. The molecule has 2 aromatic rings. The quantitative estimate of drug-likeness (QED) is 0.773. The number of hydrogen-bond donors (Lipinski definition) is 1. The van der Waals surface area contributed by atoms with Crippen LogP contribution in [0.3, 0.4) is 0 Å². The molecule has 1 nitrogen and oxygen atoms in total. The molecule has 3 heteroatoms. The van der Waals surface area contributed by atoms with Gasteiger partial charge in [-0.25, -0.2) is 0 Å². The number of anilines is 1. The van der Waals surface area contributed by atoms with Gasteiger partial charge in [-0.1, -0.05) is 29.8 Å². The van der Waals surface area contributed by atoms with Crippen LogP contribution in [0.4, 0.5) is 5.69 Å². The molecule has 0 saturated carbocycles. The van der Waals surface area contributed by atoms with E-state index in [0.717, 1.165) is 17.3 Å². The van der Waals surface area contributed by atoms with Crippen LogP contribution < -0.4 is 5.32 Å². The molecule has 0 aliphatic heterocycles. The minimum atomic E-state index is 0.780. The van der Waals surface area contributed by atoms with E-state index in [9.17, 15) is 0 Å².